The first kappa shape index (κ1) is 88.4. The second-order valence-corrected chi connectivity index (χ2v) is 28.6. The molecule has 2 aliphatic heterocycles. The van der Waals surface area contributed by atoms with Gasteiger partial charge in [0.2, 0.25) is 0 Å². The molecule has 558 valence electrons. The van der Waals surface area contributed by atoms with Gasteiger partial charge in [-0.2, -0.15) is 0 Å². The fourth-order valence-electron chi connectivity index (χ4n) is 11.6. The molecular weight excluding hydrogens is 1270 g/mol. The molecule has 14 atom stereocenters. The van der Waals surface area contributed by atoms with Crippen molar-refractivity contribution < 1.29 is 112 Å². The average molecular weight is 1400 g/mol. The summed E-state index contributed by atoms with van der Waals surface area (Å²) >= 11 is 0. The zero-order chi connectivity index (χ0) is 70.3. The van der Waals surface area contributed by atoms with Gasteiger partial charge in [-0.1, -0.05) is 130 Å². The quantitative estimate of drug-likeness (QED) is 0.0117. The number of aliphatic hydroxyl groups is 6. The van der Waals surface area contributed by atoms with Crippen LogP contribution in [0.2, 0.25) is 0 Å². The standard InChI is InChI=1S/C68H128N2O23P2/c1-5-9-13-17-21-25-29-33-37-41-51(72)45-57(76)69-61-65(90-59(78)47-53(74)43-39-35-31-27-23-19-15-11-7-3)63(80)56(89-68(61)93-95(84,85)86)50-87-67-62(70-58(77)46-52(73)42-38-34-30-26-22-18-14-10-6-2)66(64(55(49-71)88-67)92-94(81,82)83)91-60(79)48-54(75)44-40-36-32-28-24-20-16-12-8-4/h25-26,28-30,32,51-56,61-68,71-75,80-86,94-95H,5-24,27,31,33-50H2,1-4H3,(H,69,76)(H,70,77)/b29-25-,30-26-,32-28-/t51?,52?,53?,54?,55?,56?,61?,62?,63-,64-,65-,66-,67-,68-/m1/s1. The number of hydrogen-bond acceptors (Lipinski definition) is 23. The Morgan fingerprint density at radius 2 is 0.758 bits per heavy atom. The minimum absolute atomic E-state index is 0.155. The number of ether oxygens (including phenoxy) is 5. The fraction of sp³-hybridized carbons (Fsp3) is 0.853. The van der Waals surface area contributed by atoms with Crippen molar-refractivity contribution in [3.05, 3.63) is 36.5 Å². The van der Waals surface area contributed by atoms with Crippen LogP contribution in [0.15, 0.2) is 36.5 Å². The summed E-state index contributed by atoms with van der Waals surface area (Å²) in [6.45, 7) is 6.55. The molecule has 2 heterocycles. The molecule has 2 fully saturated rings. The van der Waals surface area contributed by atoms with Crippen molar-refractivity contribution in [1.29, 1.82) is 0 Å². The molecule has 8 unspecified atom stereocenters. The van der Waals surface area contributed by atoms with Crippen molar-refractivity contribution >= 4 is 40.1 Å². The van der Waals surface area contributed by atoms with Crippen molar-refractivity contribution in [2.45, 2.75) is 357 Å². The fourth-order valence-corrected chi connectivity index (χ4v) is 12.8. The number of rotatable bonds is 57. The summed E-state index contributed by atoms with van der Waals surface area (Å²) in [4.78, 5) is 118. The predicted octanol–water partition coefficient (Wildman–Crippen LogP) is 8.79. The van der Waals surface area contributed by atoms with Gasteiger partial charge in [0.1, 0.15) is 0 Å². The Morgan fingerprint density at radius 3 is 1.16 bits per heavy atom. The molecule has 2 amide bonds. The number of nitrogens with one attached hydrogen (secondary N) is 2. The van der Waals surface area contributed by atoms with Crippen LogP contribution < -0.4 is 10.6 Å². The zero-order valence-electron chi connectivity index (χ0n) is 57.7. The Labute approximate surface area is 567 Å². The van der Waals surface area contributed by atoms with Crippen LogP contribution in [0.5, 0.6) is 0 Å². The van der Waals surface area contributed by atoms with E-state index in [-0.39, 0.29) is 25.7 Å². The summed E-state index contributed by atoms with van der Waals surface area (Å²) in [6.07, 6.45) is 18.4. The van der Waals surface area contributed by atoms with Crippen molar-refractivity contribution in [2.24, 2.45) is 0 Å². The molecule has 0 aromatic heterocycles. The van der Waals surface area contributed by atoms with Gasteiger partial charge in [0.05, 0.1) is 0 Å². The SMILES string of the molecule is CCCCCC/C=C\CCCC(O)CC(=O)NC1[C@@H](O[PH](O)(O)O)OC(CO[C@@H]2OC(CO)[C@@H](O[PH](O)(O)O)[C@H](OC(=O)CC(O)CCC/C=C\CCCCCC)C2NC(=O)CC(O)CCC/C=C\CCCCCC)[C@@H](O)[C@@H]1OC(=O)CC(O)CCCCCCCCCCC. The molecule has 0 saturated carbocycles. The van der Waals surface area contributed by atoms with Crippen LogP contribution in [0.25, 0.3) is 0 Å². The minimum atomic E-state index is -5.71. The number of esters is 2. The predicted molar refractivity (Wildman–Crippen MR) is 365 cm³/mol. The van der Waals surface area contributed by atoms with E-state index >= 15 is 0 Å². The number of amides is 2. The van der Waals surface area contributed by atoms with Crippen LogP contribution in [-0.4, -0.2) is 183 Å². The van der Waals surface area contributed by atoms with E-state index in [4.69, 9.17) is 32.7 Å². The number of allylic oxidation sites excluding steroid dienone is 6. The molecule has 0 bridgehead atoms. The Morgan fingerprint density at radius 1 is 0.421 bits per heavy atom. The molecule has 2 rings (SSSR count). The van der Waals surface area contributed by atoms with Crippen molar-refractivity contribution in [1.82, 2.24) is 10.6 Å². The molecule has 0 radical (unpaired) electrons. The van der Waals surface area contributed by atoms with E-state index in [1.807, 2.05) is 18.2 Å². The molecule has 0 aliphatic carbocycles. The number of hydrogen-bond donors (Lipinski definition) is 14. The summed E-state index contributed by atoms with van der Waals surface area (Å²) in [5.74, 6) is -3.99. The number of aliphatic hydroxyl groups excluding tert-OH is 6. The summed E-state index contributed by atoms with van der Waals surface area (Å²) < 4.78 is 40.4. The Kier molecular flexibility index (Phi) is 49.5. The van der Waals surface area contributed by atoms with E-state index in [1.54, 1.807) is 0 Å². The summed E-state index contributed by atoms with van der Waals surface area (Å²) in [5, 5.41) is 72.2. The Balaban J connectivity index is 2.57. The monoisotopic (exact) mass is 1400 g/mol. The normalized spacial score (nSPS) is 23.6. The second kappa shape index (κ2) is 53.2. The van der Waals surface area contributed by atoms with Crippen LogP contribution >= 0.6 is 16.3 Å². The van der Waals surface area contributed by atoms with Gasteiger partial charge in [-0.05, 0) is 38.5 Å². The number of carbonyl (C=O) groups is 4. The smallest absolute Gasteiger partial charge is 0.0654 e. The van der Waals surface area contributed by atoms with Crippen LogP contribution in [0.3, 0.4) is 0 Å². The molecule has 14 N–H and O–H groups in total. The number of unbranched alkanes of at least 4 members (excludes halogenated alkanes) is 23. The van der Waals surface area contributed by atoms with E-state index < -0.39 is 165 Å². The topological polar surface area (TPSA) is 400 Å². The van der Waals surface area contributed by atoms with Gasteiger partial charge in [-0.3, -0.25) is 0 Å². The van der Waals surface area contributed by atoms with Crippen LogP contribution in [0, 0.1) is 0 Å². The molecule has 0 aromatic carbocycles. The molecule has 27 heteroatoms. The Hall–Kier alpha value is -2.72. The molecule has 2 aliphatic rings. The van der Waals surface area contributed by atoms with E-state index in [0.717, 1.165) is 135 Å². The third-order valence-electron chi connectivity index (χ3n) is 16.9. The van der Waals surface area contributed by atoms with E-state index in [9.17, 15) is 79.2 Å². The third-order valence-corrected chi connectivity index (χ3v) is 18.0. The molecular formula is C68H128N2O23P2. The van der Waals surface area contributed by atoms with Gasteiger partial charge in [0.25, 0.3) is 0 Å². The summed E-state index contributed by atoms with van der Waals surface area (Å²) in [6, 6.07) is -3.69. The van der Waals surface area contributed by atoms with Gasteiger partial charge in [0, 0.05) is 0 Å². The average Bonchev–Trinajstić information content (AvgIpc) is 0.787. The van der Waals surface area contributed by atoms with Crippen LogP contribution in [0.4, 0.5) is 0 Å². The van der Waals surface area contributed by atoms with Crippen LogP contribution in [-0.2, 0) is 51.9 Å². The zero-order valence-corrected chi connectivity index (χ0v) is 59.7. The van der Waals surface area contributed by atoms with Crippen molar-refractivity contribution in [2.75, 3.05) is 13.2 Å². The number of carbonyl (C=O) groups excluding carboxylic acids is 4. The molecule has 2 saturated heterocycles. The molecule has 0 aromatic rings. The first-order valence-corrected chi connectivity index (χ1v) is 39.5. The third kappa shape index (κ3) is 42.9. The van der Waals surface area contributed by atoms with E-state index in [0.29, 0.717) is 44.9 Å². The van der Waals surface area contributed by atoms with Crippen molar-refractivity contribution in [3.63, 3.8) is 0 Å². The van der Waals surface area contributed by atoms with E-state index in [1.165, 1.54) is 12.8 Å². The molecule has 0 spiro atoms. The van der Waals surface area contributed by atoms with Crippen molar-refractivity contribution in [3.8, 4) is 0 Å². The first-order chi connectivity index (χ1) is 45.4. The van der Waals surface area contributed by atoms with Gasteiger partial charge in [-0.25, -0.2) is 0 Å². The Bertz CT molecular complexity index is 2090. The van der Waals surface area contributed by atoms with Crippen LogP contribution in [0.1, 0.15) is 272 Å². The maximum absolute atomic E-state index is 14.1. The first-order valence-electron chi connectivity index (χ1n) is 36.0. The van der Waals surface area contributed by atoms with Gasteiger partial charge < -0.3 is 0 Å². The molecule has 95 heavy (non-hydrogen) atoms. The van der Waals surface area contributed by atoms with Gasteiger partial charge in [-0.15, -0.1) is 0 Å². The second-order valence-electron chi connectivity index (χ2n) is 25.8. The molecule has 25 nitrogen and oxygen atoms in total. The summed E-state index contributed by atoms with van der Waals surface area (Å²) in [7, 11) is -11.4. The van der Waals surface area contributed by atoms with E-state index in [2.05, 4.69) is 56.6 Å². The maximum atomic E-state index is 14.1. The minimum Gasteiger partial charge on any atom is -0.0654 e. The van der Waals surface area contributed by atoms with Gasteiger partial charge >= 0.3 is 401 Å². The van der Waals surface area contributed by atoms with Gasteiger partial charge in [0.15, 0.2) is 0 Å². The summed E-state index contributed by atoms with van der Waals surface area (Å²) in [5.41, 5.74) is 0.